The van der Waals surface area contributed by atoms with Gasteiger partial charge in [-0.2, -0.15) is 0 Å². The van der Waals surface area contributed by atoms with Crippen molar-refractivity contribution in [1.82, 2.24) is 5.32 Å². The van der Waals surface area contributed by atoms with Crippen molar-refractivity contribution in [3.63, 3.8) is 0 Å². The molecule has 2 rings (SSSR count). The number of carbonyl (C=O) groups is 1. The van der Waals surface area contributed by atoms with E-state index in [-0.39, 0.29) is 17.8 Å². The smallest absolute Gasteiger partial charge is 0.261 e. The van der Waals surface area contributed by atoms with Crippen LogP contribution < -0.4 is 15.8 Å². The topological polar surface area (TPSA) is 64.3 Å². The van der Waals surface area contributed by atoms with E-state index in [9.17, 15) is 9.18 Å². The minimum absolute atomic E-state index is 0.0195. The van der Waals surface area contributed by atoms with E-state index in [1.54, 1.807) is 19.1 Å². The summed E-state index contributed by atoms with van der Waals surface area (Å²) >= 11 is 0. The van der Waals surface area contributed by atoms with Gasteiger partial charge in [0.05, 0.1) is 0 Å². The highest BCUT2D eigenvalue weighted by atomic mass is 19.1. The Hall–Kier alpha value is -1.62. The molecule has 1 fully saturated rings. The summed E-state index contributed by atoms with van der Waals surface area (Å²) in [5.41, 5.74) is 5.63. The van der Waals surface area contributed by atoms with Gasteiger partial charge in [-0.15, -0.1) is 0 Å². The molecule has 0 bridgehead atoms. The Balaban J connectivity index is 1.88. The maximum Gasteiger partial charge on any atom is 0.261 e. The van der Waals surface area contributed by atoms with Crippen molar-refractivity contribution in [3.8, 4) is 5.75 Å². The van der Waals surface area contributed by atoms with Crippen molar-refractivity contribution in [2.75, 3.05) is 6.54 Å². The van der Waals surface area contributed by atoms with Crippen LogP contribution in [0.25, 0.3) is 0 Å². The third-order valence-electron chi connectivity index (χ3n) is 3.25. The molecule has 19 heavy (non-hydrogen) atoms. The van der Waals surface area contributed by atoms with E-state index in [1.165, 1.54) is 12.1 Å². The molecule has 1 amide bonds. The van der Waals surface area contributed by atoms with Crippen molar-refractivity contribution in [2.24, 2.45) is 11.7 Å². The van der Waals surface area contributed by atoms with Gasteiger partial charge in [0.2, 0.25) is 0 Å². The molecule has 0 saturated heterocycles. The average molecular weight is 266 g/mol. The lowest BCUT2D eigenvalue weighted by atomic mass is 10.2. The van der Waals surface area contributed by atoms with Crippen LogP contribution in [-0.4, -0.2) is 24.6 Å². The van der Waals surface area contributed by atoms with Crippen molar-refractivity contribution in [3.05, 3.63) is 30.1 Å². The molecule has 1 aromatic carbocycles. The molecule has 2 atom stereocenters. The molecule has 0 heterocycles. The van der Waals surface area contributed by atoms with Crippen LogP contribution in [0.1, 0.15) is 19.8 Å². The second kappa shape index (κ2) is 6.02. The van der Waals surface area contributed by atoms with Crippen molar-refractivity contribution in [1.29, 1.82) is 0 Å². The normalized spacial score (nSPS) is 17.6. The molecule has 1 saturated carbocycles. The predicted octanol–water partition coefficient (Wildman–Crippen LogP) is 1.45. The first-order chi connectivity index (χ1) is 9.10. The molecule has 1 aliphatic rings. The minimum Gasteiger partial charge on any atom is -0.481 e. The van der Waals surface area contributed by atoms with Crippen LogP contribution in [0.15, 0.2) is 24.3 Å². The number of hydrogen-bond acceptors (Lipinski definition) is 3. The SMILES string of the molecule is CC(Oc1cccc(F)c1)C(=O)NC(CN)C1CC1. The summed E-state index contributed by atoms with van der Waals surface area (Å²) in [6.45, 7) is 2.07. The highest BCUT2D eigenvalue weighted by molar-refractivity contribution is 5.81. The Morgan fingerprint density at radius 2 is 2.32 bits per heavy atom. The maximum atomic E-state index is 13.0. The van der Waals surface area contributed by atoms with Crippen LogP contribution in [0.2, 0.25) is 0 Å². The van der Waals surface area contributed by atoms with E-state index >= 15 is 0 Å². The second-order valence-corrected chi connectivity index (χ2v) is 4.91. The van der Waals surface area contributed by atoms with Crippen LogP contribution in [-0.2, 0) is 4.79 Å². The van der Waals surface area contributed by atoms with E-state index in [4.69, 9.17) is 10.5 Å². The van der Waals surface area contributed by atoms with Gasteiger partial charge in [0.1, 0.15) is 11.6 Å². The number of carbonyl (C=O) groups excluding carboxylic acids is 1. The molecule has 0 aromatic heterocycles. The molecule has 4 nitrogen and oxygen atoms in total. The fourth-order valence-electron chi connectivity index (χ4n) is 1.97. The summed E-state index contributed by atoms with van der Waals surface area (Å²) in [7, 11) is 0. The Kier molecular flexibility index (Phi) is 4.37. The first-order valence-corrected chi connectivity index (χ1v) is 6.53. The van der Waals surface area contributed by atoms with Gasteiger partial charge < -0.3 is 15.8 Å². The lowest BCUT2D eigenvalue weighted by molar-refractivity contribution is -0.128. The number of nitrogens with two attached hydrogens (primary N) is 1. The molecule has 0 aliphatic heterocycles. The average Bonchev–Trinajstić information content (AvgIpc) is 3.19. The standard InChI is InChI=1S/C14H19FN2O2/c1-9(19-12-4-2-3-11(15)7-12)14(18)17-13(8-16)10-5-6-10/h2-4,7,9-10,13H,5-6,8,16H2,1H3,(H,17,18). The number of rotatable bonds is 6. The van der Waals surface area contributed by atoms with Crippen molar-refractivity contribution < 1.29 is 13.9 Å². The molecular formula is C14H19FN2O2. The number of benzene rings is 1. The summed E-state index contributed by atoms with van der Waals surface area (Å²) in [6, 6.07) is 5.77. The first-order valence-electron chi connectivity index (χ1n) is 6.53. The van der Waals surface area contributed by atoms with Gasteiger partial charge in [0.15, 0.2) is 6.10 Å². The fourth-order valence-corrected chi connectivity index (χ4v) is 1.97. The molecule has 0 radical (unpaired) electrons. The summed E-state index contributed by atoms with van der Waals surface area (Å²) in [4.78, 5) is 11.9. The monoisotopic (exact) mass is 266 g/mol. The second-order valence-electron chi connectivity index (χ2n) is 4.91. The van der Waals surface area contributed by atoms with Crippen LogP contribution in [0.4, 0.5) is 4.39 Å². The van der Waals surface area contributed by atoms with Gasteiger partial charge in [0.25, 0.3) is 5.91 Å². The zero-order chi connectivity index (χ0) is 13.8. The van der Waals surface area contributed by atoms with E-state index in [2.05, 4.69) is 5.32 Å². The molecule has 0 spiro atoms. The quantitative estimate of drug-likeness (QED) is 0.819. The zero-order valence-electron chi connectivity index (χ0n) is 10.9. The Bertz CT molecular complexity index is 449. The number of halogens is 1. The fraction of sp³-hybridized carbons (Fsp3) is 0.500. The van der Waals surface area contributed by atoms with Crippen molar-refractivity contribution in [2.45, 2.75) is 31.9 Å². The molecule has 3 N–H and O–H groups in total. The molecule has 5 heteroatoms. The summed E-state index contributed by atoms with van der Waals surface area (Å²) in [6.07, 6.45) is 1.55. The zero-order valence-corrected chi connectivity index (χ0v) is 10.9. The van der Waals surface area contributed by atoms with Crippen LogP contribution in [0, 0.1) is 11.7 Å². The Morgan fingerprint density at radius 1 is 1.58 bits per heavy atom. The molecule has 1 aliphatic carbocycles. The van der Waals surface area contributed by atoms with Crippen LogP contribution in [0.3, 0.4) is 0 Å². The molecular weight excluding hydrogens is 247 g/mol. The van der Waals surface area contributed by atoms with Crippen LogP contribution in [0.5, 0.6) is 5.75 Å². The van der Waals surface area contributed by atoms with Gasteiger partial charge in [-0.05, 0) is 37.8 Å². The van der Waals surface area contributed by atoms with Crippen molar-refractivity contribution >= 4 is 5.91 Å². The molecule has 1 aromatic rings. The summed E-state index contributed by atoms with van der Waals surface area (Å²) in [5.74, 6) is 0.239. The maximum absolute atomic E-state index is 13.0. The minimum atomic E-state index is -0.672. The van der Waals surface area contributed by atoms with E-state index in [0.29, 0.717) is 18.2 Å². The molecule has 2 unspecified atom stereocenters. The third-order valence-corrected chi connectivity index (χ3v) is 3.25. The van der Waals surface area contributed by atoms with Crippen LogP contribution >= 0.6 is 0 Å². The number of nitrogens with one attached hydrogen (secondary N) is 1. The van der Waals surface area contributed by atoms with Gasteiger partial charge in [-0.1, -0.05) is 6.07 Å². The predicted molar refractivity (Wildman–Crippen MR) is 70.2 cm³/mol. The Labute approximate surface area is 112 Å². The highest BCUT2D eigenvalue weighted by Gasteiger charge is 2.32. The summed E-state index contributed by atoms with van der Waals surface area (Å²) in [5, 5.41) is 2.88. The number of ether oxygens (including phenoxy) is 1. The van der Waals surface area contributed by atoms with Gasteiger partial charge >= 0.3 is 0 Å². The van der Waals surface area contributed by atoms with E-state index in [0.717, 1.165) is 12.8 Å². The van der Waals surface area contributed by atoms with Gasteiger partial charge in [-0.25, -0.2) is 4.39 Å². The number of amides is 1. The first kappa shape index (κ1) is 13.8. The highest BCUT2D eigenvalue weighted by Crippen LogP contribution is 2.32. The van der Waals surface area contributed by atoms with Gasteiger partial charge in [0, 0.05) is 18.7 Å². The summed E-state index contributed by atoms with van der Waals surface area (Å²) < 4.78 is 18.4. The number of hydrogen-bond donors (Lipinski definition) is 2. The van der Waals surface area contributed by atoms with Gasteiger partial charge in [-0.3, -0.25) is 4.79 Å². The van der Waals surface area contributed by atoms with E-state index in [1.807, 2.05) is 0 Å². The lowest BCUT2D eigenvalue weighted by Crippen LogP contribution is -2.46. The lowest BCUT2D eigenvalue weighted by Gasteiger charge is -2.20. The van der Waals surface area contributed by atoms with E-state index < -0.39 is 6.10 Å². The third kappa shape index (κ3) is 3.92. The largest absolute Gasteiger partial charge is 0.481 e. The molecule has 104 valence electrons. The Morgan fingerprint density at radius 3 is 2.89 bits per heavy atom.